The van der Waals surface area contributed by atoms with Crippen LogP contribution in [0.4, 0.5) is 0 Å². The molecule has 0 aromatic carbocycles. The van der Waals surface area contributed by atoms with E-state index < -0.39 is 0 Å². The Morgan fingerprint density at radius 1 is 1.43 bits per heavy atom. The maximum Gasteiger partial charge on any atom is 0.234 e. The predicted octanol–water partition coefficient (Wildman–Crippen LogP) is -0.171. The standard InChI is InChI=1S/C10H18N2O2/c1-7(10(11)13)12-3-8-2-9(4-12)6-14-5-8/h7-9H,2-6H2,1H3,(H2,11,13). The number of carbonyl (C=O) groups is 1. The highest BCUT2D eigenvalue weighted by atomic mass is 16.5. The number of amides is 1. The van der Waals surface area contributed by atoms with Crippen molar-refractivity contribution in [1.29, 1.82) is 0 Å². The molecule has 0 aromatic heterocycles. The molecule has 2 aliphatic heterocycles. The number of fused-ring (bicyclic) bond motifs is 2. The van der Waals surface area contributed by atoms with Gasteiger partial charge in [-0.25, -0.2) is 0 Å². The molecule has 0 spiro atoms. The maximum atomic E-state index is 11.1. The molecular weight excluding hydrogens is 180 g/mol. The Hall–Kier alpha value is -0.610. The Bertz CT molecular complexity index is 220. The molecule has 3 unspecified atom stereocenters. The largest absolute Gasteiger partial charge is 0.381 e. The second-order valence-electron chi connectivity index (χ2n) is 4.54. The van der Waals surface area contributed by atoms with Crippen LogP contribution in [-0.2, 0) is 9.53 Å². The van der Waals surface area contributed by atoms with Gasteiger partial charge in [-0.15, -0.1) is 0 Å². The van der Waals surface area contributed by atoms with Gasteiger partial charge in [0.15, 0.2) is 0 Å². The average Bonchev–Trinajstić information content (AvgIpc) is 2.15. The second kappa shape index (κ2) is 3.87. The molecule has 2 aliphatic rings. The monoisotopic (exact) mass is 198 g/mol. The summed E-state index contributed by atoms with van der Waals surface area (Å²) in [7, 11) is 0. The molecule has 2 fully saturated rings. The highest BCUT2D eigenvalue weighted by Crippen LogP contribution is 2.27. The van der Waals surface area contributed by atoms with E-state index in [4.69, 9.17) is 10.5 Å². The van der Waals surface area contributed by atoms with Crippen LogP contribution >= 0.6 is 0 Å². The van der Waals surface area contributed by atoms with Crippen LogP contribution in [0.1, 0.15) is 13.3 Å². The van der Waals surface area contributed by atoms with Gasteiger partial charge in [-0.2, -0.15) is 0 Å². The number of primary amides is 1. The van der Waals surface area contributed by atoms with Crippen molar-refractivity contribution in [3.8, 4) is 0 Å². The molecule has 2 bridgehead atoms. The van der Waals surface area contributed by atoms with Crippen LogP contribution in [0.25, 0.3) is 0 Å². The van der Waals surface area contributed by atoms with Gasteiger partial charge in [0.05, 0.1) is 19.3 Å². The van der Waals surface area contributed by atoms with Gasteiger partial charge in [0.1, 0.15) is 0 Å². The van der Waals surface area contributed by atoms with Crippen molar-refractivity contribution < 1.29 is 9.53 Å². The van der Waals surface area contributed by atoms with E-state index in [0.717, 1.165) is 26.3 Å². The van der Waals surface area contributed by atoms with Crippen molar-refractivity contribution >= 4 is 5.91 Å². The third-order valence-corrected chi connectivity index (χ3v) is 3.32. The quantitative estimate of drug-likeness (QED) is 0.670. The zero-order valence-electron chi connectivity index (χ0n) is 8.61. The molecule has 0 aromatic rings. The molecule has 14 heavy (non-hydrogen) atoms. The lowest BCUT2D eigenvalue weighted by molar-refractivity contribution is -0.125. The van der Waals surface area contributed by atoms with Gasteiger partial charge in [0.25, 0.3) is 0 Å². The van der Waals surface area contributed by atoms with Crippen LogP contribution in [0.3, 0.4) is 0 Å². The van der Waals surface area contributed by atoms with E-state index in [-0.39, 0.29) is 11.9 Å². The molecule has 0 aliphatic carbocycles. The highest BCUT2D eigenvalue weighted by molar-refractivity contribution is 5.79. The summed E-state index contributed by atoms with van der Waals surface area (Å²) < 4.78 is 5.48. The van der Waals surface area contributed by atoms with Crippen LogP contribution in [0.2, 0.25) is 0 Å². The van der Waals surface area contributed by atoms with E-state index in [2.05, 4.69) is 4.90 Å². The Kier molecular flexibility index (Phi) is 2.74. The van der Waals surface area contributed by atoms with Crippen LogP contribution in [0.5, 0.6) is 0 Å². The molecule has 0 radical (unpaired) electrons. The second-order valence-corrected chi connectivity index (χ2v) is 4.54. The van der Waals surface area contributed by atoms with E-state index >= 15 is 0 Å². The molecule has 2 rings (SSSR count). The van der Waals surface area contributed by atoms with Gasteiger partial charge in [0.2, 0.25) is 5.91 Å². The van der Waals surface area contributed by atoms with E-state index in [1.807, 2.05) is 6.92 Å². The maximum absolute atomic E-state index is 11.1. The van der Waals surface area contributed by atoms with Gasteiger partial charge >= 0.3 is 0 Å². The minimum absolute atomic E-state index is 0.126. The van der Waals surface area contributed by atoms with Crippen LogP contribution in [0.15, 0.2) is 0 Å². The fourth-order valence-corrected chi connectivity index (χ4v) is 2.50. The van der Waals surface area contributed by atoms with Crippen LogP contribution < -0.4 is 5.73 Å². The number of nitrogens with two attached hydrogens (primary N) is 1. The molecule has 4 nitrogen and oxygen atoms in total. The number of hydrogen-bond acceptors (Lipinski definition) is 3. The zero-order chi connectivity index (χ0) is 10.1. The van der Waals surface area contributed by atoms with Gasteiger partial charge in [-0.3, -0.25) is 9.69 Å². The molecular formula is C10H18N2O2. The van der Waals surface area contributed by atoms with Crippen LogP contribution in [-0.4, -0.2) is 43.2 Å². The summed E-state index contributed by atoms with van der Waals surface area (Å²) in [6, 6.07) is -0.126. The molecule has 1 amide bonds. The Labute approximate surface area is 84.4 Å². The molecule has 80 valence electrons. The fraction of sp³-hybridized carbons (Fsp3) is 0.900. The lowest BCUT2D eigenvalue weighted by atomic mass is 9.87. The Morgan fingerprint density at radius 2 is 2.00 bits per heavy atom. The smallest absolute Gasteiger partial charge is 0.234 e. The number of nitrogens with zero attached hydrogens (tertiary/aromatic N) is 1. The number of piperidine rings is 1. The summed E-state index contributed by atoms with van der Waals surface area (Å²) in [5.41, 5.74) is 5.31. The van der Waals surface area contributed by atoms with Gasteiger partial charge in [-0.1, -0.05) is 0 Å². The number of carbonyl (C=O) groups excluding carboxylic acids is 1. The number of hydrogen-bond donors (Lipinski definition) is 1. The Balaban J connectivity index is 1.98. The Morgan fingerprint density at radius 3 is 2.50 bits per heavy atom. The third-order valence-electron chi connectivity index (χ3n) is 3.32. The number of likely N-dealkylation sites (tertiary alicyclic amines) is 1. The first-order valence-electron chi connectivity index (χ1n) is 5.28. The first-order chi connectivity index (χ1) is 6.66. The first kappa shape index (κ1) is 9.93. The van der Waals surface area contributed by atoms with Gasteiger partial charge in [-0.05, 0) is 25.2 Å². The molecule has 2 heterocycles. The van der Waals surface area contributed by atoms with Gasteiger partial charge in [0, 0.05) is 13.1 Å². The lowest BCUT2D eigenvalue weighted by Crippen LogP contribution is -2.53. The predicted molar refractivity (Wildman–Crippen MR) is 52.6 cm³/mol. The summed E-state index contributed by atoms with van der Waals surface area (Å²) in [6.45, 7) is 5.50. The minimum atomic E-state index is -0.217. The first-order valence-corrected chi connectivity index (χ1v) is 5.28. The van der Waals surface area contributed by atoms with E-state index in [9.17, 15) is 4.79 Å². The summed E-state index contributed by atoms with van der Waals surface area (Å²) in [4.78, 5) is 13.3. The third kappa shape index (κ3) is 1.91. The minimum Gasteiger partial charge on any atom is -0.381 e. The zero-order valence-corrected chi connectivity index (χ0v) is 8.61. The van der Waals surface area contributed by atoms with E-state index in [1.54, 1.807) is 0 Å². The van der Waals surface area contributed by atoms with E-state index in [0.29, 0.717) is 11.8 Å². The lowest BCUT2D eigenvalue weighted by Gasteiger charge is -2.42. The van der Waals surface area contributed by atoms with Crippen molar-refractivity contribution in [3.63, 3.8) is 0 Å². The average molecular weight is 198 g/mol. The van der Waals surface area contributed by atoms with Crippen molar-refractivity contribution in [3.05, 3.63) is 0 Å². The van der Waals surface area contributed by atoms with Crippen molar-refractivity contribution in [2.75, 3.05) is 26.3 Å². The van der Waals surface area contributed by atoms with Crippen LogP contribution in [0, 0.1) is 11.8 Å². The highest BCUT2D eigenvalue weighted by Gasteiger charge is 2.34. The summed E-state index contributed by atoms with van der Waals surface area (Å²) in [6.07, 6.45) is 1.25. The summed E-state index contributed by atoms with van der Waals surface area (Å²) in [5.74, 6) is 0.986. The summed E-state index contributed by atoms with van der Waals surface area (Å²) in [5, 5.41) is 0. The van der Waals surface area contributed by atoms with Crippen molar-refractivity contribution in [2.45, 2.75) is 19.4 Å². The number of rotatable bonds is 2. The molecule has 0 saturated carbocycles. The normalized spacial score (nSPS) is 35.2. The molecule has 4 heteroatoms. The van der Waals surface area contributed by atoms with Crippen molar-refractivity contribution in [2.24, 2.45) is 17.6 Å². The van der Waals surface area contributed by atoms with Gasteiger partial charge < -0.3 is 10.5 Å². The SMILES string of the molecule is CC(C(N)=O)N1CC2COCC(C2)C1. The number of ether oxygens (including phenoxy) is 1. The van der Waals surface area contributed by atoms with Crippen molar-refractivity contribution in [1.82, 2.24) is 4.90 Å². The molecule has 3 atom stereocenters. The van der Waals surface area contributed by atoms with E-state index in [1.165, 1.54) is 6.42 Å². The fourth-order valence-electron chi connectivity index (χ4n) is 2.50. The molecule has 2 N–H and O–H groups in total. The topological polar surface area (TPSA) is 55.6 Å². The molecule has 2 saturated heterocycles. The summed E-state index contributed by atoms with van der Waals surface area (Å²) >= 11 is 0.